The van der Waals surface area contributed by atoms with Crippen LogP contribution in [0.25, 0.3) is 0 Å². The van der Waals surface area contributed by atoms with Gasteiger partial charge in [0.25, 0.3) is 0 Å². The van der Waals surface area contributed by atoms with Gasteiger partial charge in [0.15, 0.2) is 5.82 Å². The van der Waals surface area contributed by atoms with Crippen LogP contribution >= 0.6 is 0 Å². The highest BCUT2D eigenvalue weighted by molar-refractivity contribution is 5.74. The van der Waals surface area contributed by atoms with Crippen LogP contribution in [0.2, 0.25) is 0 Å². The molecule has 0 bridgehead atoms. The molecule has 156 valence electrons. The van der Waals surface area contributed by atoms with Crippen LogP contribution in [0, 0.1) is 0 Å². The standard InChI is InChI=1S/C20H24F3N5O/c1-27(17-4-3-13-28(14-17)18-5-2-11-25-26-18)19(29)24-12-10-15-6-8-16(9-7-15)20(21,22)23/h2,5-9,11,17H,3-4,10,12-14H2,1H3,(H,24,29)/t17-/m1/s1. The molecule has 1 fully saturated rings. The molecule has 1 aromatic carbocycles. The first-order chi connectivity index (χ1) is 13.8. The fourth-order valence-electron chi connectivity index (χ4n) is 3.41. The van der Waals surface area contributed by atoms with E-state index in [2.05, 4.69) is 20.4 Å². The summed E-state index contributed by atoms with van der Waals surface area (Å²) in [6, 6.07) is 8.61. The van der Waals surface area contributed by atoms with Gasteiger partial charge in [-0.1, -0.05) is 12.1 Å². The largest absolute Gasteiger partial charge is 0.416 e. The molecule has 2 aromatic rings. The van der Waals surface area contributed by atoms with E-state index >= 15 is 0 Å². The molecule has 9 heteroatoms. The van der Waals surface area contributed by atoms with Crippen LogP contribution in [0.3, 0.4) is 0 Å². The lowest BCUT2D eigenvalue weighted by atomic mass is 10.0. The van der Waals surface area contributed by atoms with Crippen molar-refractivity contribution in [2.75, 3.05) is 31.6 Å². The number of piperidine rings is 1. The Bertz CT molecular complexity index is 798. The molecule has 2 amide bonds. The van der Waals surface area contributed by atoms with Crippen LogP contribution < -0.4 is 10.2 Å². The van der Waals surface area contributed by atoms with E-state index in [1.807, 2.05) is 12.1 Å². The molecule has 0 spiro atoms. The molecular formula is C20H24F3N5O. The third-order valence-electron chi connectivity index (χ3n) is 5.12. The smallest absolute Gasteiger partial charge is 0.353 e. The number of anilines is 1. The maximum absolute atomic E-state index is 12.6. The van der Waals surface area contributed by atoms with Gasteiger partial charge in [0.1, 0.15) is 0 Å². The first-order valence-corrected chi connectivity index (χ1v) is 9.54. The van der Waals surface area contributed by atoms with E-state index in [0.717, 1.165) is 42.9 Å². The maximum atomic E-state index is 12.6. The quantitative estimate of drug-likeness (QED) is 0.826. The highest BCUT2D eigenvalue weighted by atomic mass is 19.4. The lowest BCUT2D eigenvalue weighted by Gasteiger charge is -2.37. The van der Waals surface area contributed by atoms with Crippen molar-refractivity contribution in [1.29, 1.82) is 0 Å². The zero-order valence-corrected chi connectivity index (χ0v) is 16.2. The molecule has 6 nitrogen and oxygen atoms in total. The lowest BCUT2D eigenvalue weighted by Crippen LogP contribution is -2.51. The van der Waals surface area contributed by atoms with Crippen LogP contribution in [-0.2, 0) is 12.6 Å². The fourth-order valence-corrected chi connectivity index (χ4v) is 3.41. The van der Waals surface area contributed by atoms with Crippen LogP contribution in [-0.4, -0.2) is 53.9 Å². The second-order valence-corrected chi connectivity index (χ2v) is 7.11. The first kappa shape index (κ1) is 20.9. The number of carbonyl (C=O) groups is 1. The number of urea groups is 1. The molecule has 1 aliphatic heterocycles. The molecule has 3 rings (SSSR count). The van der Waals surface area contributed by atoms with Gasteiger partial charge in [-0.3, -0.25) is 0 Å². The number of alkyl halides is 3. The zero-order valence-electron chi connectivity index (χ0n) is 16.2. The number of halogens is 3. The van der Waals surface area contributed by atoms with E-state index < -0.39 is 11.7 Å². The number of nitrogens with zero attached hydrogens (tertiary/aromatic N) is 4. The number of nitrogens with one attached hydrogen (secondary N) is 1. The van der Waals surface area contributed by atoms with Crippen LogP contribution in [0.4, 0.5) is 23.8 Å². The summed E-state index contributed by atoms with van der Waals surface area (Å²) in [4.78, 5) is 16.3. The summed E-state index contributed by atoms with van der Waals surface area (Å²) in [5, 5.41) is 10.9. The molecule has 1 aromatic heterocycles. The van der Waals surface area contributed by atoms with E-state index in [-0.39, 0.29) is 12.1 Å². The minimum atomic E-state index is -4.34. The van der Waals surface area contributed by atoms with Gasteiger partial charge in [-0.25, -0.2) is 4.79 Å². The number of rotatable bonds is 5. The van der Waals surface area contributed by atoms with Crippen molar-refractivity contribution in [3.63, 3.8) is 0 Å². The average molecular weight is 407 g/mol. The van der Waals surface area contributed by atoms with Gasteiger partial charge in [-0.15, -0.1) is 5.10 Å². The summed E-state index contributed by atoms with van der Waals surface area (Å²) in [7, 11) is 1.76. The lowest BCUT2D eigenvalue weighted by molar-refractivity contribution is -0.137. The number of amides is 2. The molecule has 1 saturated heterocycles. The molecule has 1 N–H and O–H groups in total. The Morgan fingerprint density at radius 3 is 2.69 bits per heavy atom. The third kappa shape index (κ3) is 5.58. The fraction of sp³-hybridized carbons (Fsp3) is 0.450. The molecule has 2 heterocycles. The van der Waals surface area contributed by atoms with E-state index in [9.17, 15) is 18.0 Å². The molecule has 1 aliphatic rings. The number of benzene rings is 1. The van der Waals surface area contributed by atoms with Gasteiger partial charge in [0.2, 0.25) is 0 Å². The number of carbonyl (C=O) groups excluding carboxylic acids is 1. The molecule has 0 unspecified atom stereocenters. The summed E-state index contributed by atoms with van der Waals surface area (Å²) in [5.74, 6) is 0.799. The van der Waals surface area contributed by atoms with Gasteiger partial charge in [0.05, 0.1) is 11.6 Å². The van der Waals surface area contributed by atoms with Crippen molar-refractivity contribution < 1.29 is 18.0 Å². The van der Waals surface area contributed by atoms with Crippen molar-refractivity contribution in [3.05, 3.63) is 53.7 Å². The number of aromatic nitrogens is 2. The predicted octanol–water partition coefficient (Wildman–Crippen LogP) is 3.35. The second kappa shape index (κ2) is 9.11. The van der Waals surface area contributed by atoms with Crippen molar-refractivity contribution in [3.8, 4) is 0 Å². The molecule has 0 saturated carbocycles. The van der Waals surface area contributed by atoms with Crippen molar-refractivity contribution in [2.45, 2.75) is 31.5 Å². The van der Waals surface area contributed by atoms with E-state index in [1.54, 1.807) is 18.1 Å². The summed E-state index contributed by atoms with van der Waals surface area (Å²) < 4.78 is 37.8. The third-order valence-corrected chi connectivity index (χ3v) is 5.12. The average Bonchev–Trinajstić information content (AvgIpc) is 2.73. The Hall–Kier alpha value is -2.84. The monoisotopic (exact) mass is 407 g/mol. The predicted molar refractivity (Wildman–Crippen MR) is 104 cm³/mol. The van der Waals surface area contributed by atoms with Gasteiger partial charge in [-0.05, 0) is 49.1 Å². The number of likely N-dealkylation sites (N-methyl/N-ethyl adjacent to an activating group) is 1. The Morgan fingerprint density at radius 2 is 2.03 bits per heavy atom. The van der Waals surface area contributed by atoms with Gasteiger partial charge in [0, 0.05) is 32.9 Å². The zero-order chi connectivity index (χ0) is 20.9. The number of hydrogen-bond acceptors (Lipinski definition) is 4. The highest BCUT2D eigenvalue weighted by Gasteiger charge is 2.30. The second-order valence-electron chi connectivity index (χ2n) is 7.11. The summed E-state index contributed by atoms with van der Waals surface area (Å²) >= 11 is 0. The Balaban J connectivity index is 1.47. The molecule has 0 aliphatic carbocycles. The van der Waals surface area contributed by atoms with Crippen LogP contribution in [0.15, 0.2) is 42.6 Å². The first-order valence-electron chi connectivity index (χ1n) is 9.54. The van der Waals surface area contributed by atoms with Crippen LogP contribution in [0.5, 0.6) is 0 Å². The van der Waals surface area contributed by atoms with E-state index in [1.165, 1.54) is 12.1 Å². The summed E-state index contributed by atoms with van der Waals surface area (Å²) in [6.07, 6.45) is -0.395. The Kier molecular flexibility index (Phi) is 6.56. The normalized spacial score (nSPS) is 17.1. The highest BCUT2D eigenvalue weighted by Crippen LogP contribution is 2.29. The Labute approximate surface area is 167 Å². The van der Waals surface area contributed by atoms with Crippen molar-refractivity contribution >= 4 is 11.8 Å². The molecule has 1 atom stereocenters. The summed E-state index contributed by atoms with van der Waals surface area (Å²) in [5.41, 5.74) is 0.0717. The topological polar surface area (TPSA) is 61.4 Å². The SMILES string of the molecule is CN(C(=O)NCCc1ccc(C(F)(F)F)cc1)[C@@H]1CCCN(c2cccnn2)C1. The van der Waals surface area contributed by atoms with Gasteiger partial charge in [-0.2, -0.15) is 18.3 Å². The molecule has 0 radical (unpaired) electrons. The minimum Gasteiger partial charge on any atom is -0.353 e. The van der Waals surface area contributed by atoms with E-state index in [4.69, 9.17) is 0 Å². The van der Waals surface area contributed by atoms with Gasteiger partial charge < -0.3 is 15.1 Å². The van der Waals surface area contributed by atoms with Crippen molar-refractivity contribution in [1.82, 2.24) is 20.4 Å². The van der Waals surface area contributed by atoms with Gasteiger partial charge >= 0.3 is 12.2 Å². The number of hydrogen-bond donors (Lipinski definition) is 1. The van der Waals surface area contributed by atoms with E-state index in [0.29, 0.717) is 19.5 Å². The van der Waals surface area contributed by atoms with Crippen molar-refractivity contribution in [2.24, 2.45) is 0 Å². The Morgan fingerprint density at radius 1 is 1.28 bits per heavy atom. The minimum absolute atomic E-state index is 0.0526. The molecular weight excluding hydrogens is 383 g/mol. The van der Waals surface area contributed by atoms with Crippen LogP contribution in [0.1, 0.15) is 24.0 Å². The summed E-state index contributed by atoms with van der Waals surface area (Å²) in [6.45, 7) is 1.91. The maximum Gasteiger partial charge on any atom is 0.416 e. The molecule has 29 heavy (non-hydrogen) atoms.